The molecule has 2 rings (SSSR count). The molecule has 3 nitrogen and oxygen atoms in total. The van der Waals surface area contributed by atoms with Gasteiger partial charge in [-0.25, -0.2) is 4.39 Å². The summed E-state index contributed by atoms with van der Waals surface area (Å²) >= 11 is 0. The molecule has 0 atom stereocenters. The monoisotopic (exact) mass is 220 g/mol. The fourth-order valence-electron chi connectivity index (χ4n) is 1.60. The predicted octanol–water partition coefficient (Wildman–Crippen LogP) is 1.46. The van der Waals surface area contributed by atoms with Gasteiger partial charge in [-0.05, 0) is 17.7 Å². The second-order valence-electron chi connectivity index (χ2n) is 4.11. The minimum Gasteiger partial charge on any atom is -0.378 e. The molecule has 0 bridgehead atoms. The number of nitriles is 1. The van der Waals surface area contributed by atoms with Gasteiger partial charge in [0.2, 0.25) is 0 Å². The summed E-state index contributed by atoms with van der Waals surface area (Å²) < 4.78 is 17.7. The molecule has 1 heterocycles. The fourth-order valence-corrected chi connectivity index (χ4v) is 1.60. The molecule has 0 amide bonds. The van der Waals surface area contributed by atoms with Crippen molar-refractivity contribution in [3.63, 3.8) is 0 Å². The van der Waals surface area contributed by atoms with E-state index < -0.39 is 0 Å². The summed E-state index contributed by atoms with van der Waals surface area (Å²) in [5.74, 6) is -0.232. The Hall–Kier alpha value is -1.44. The number of rotatable bonds is 4. The lowest BCUT2D eigenvalue weighted by Gasteiger charge is -2.35. The maximum Gasteiger partial charge on any atom is 0.123 e. The van der Waals surface area contributed by atoms with Crippen LogP contribution in [0.5, 0.6) is 0 Å². The van der Waals surface area contributed by atoms with Crippen LogP contribution in [0, 0.1) is 22.6 Å². The van der Waals surface area contributed by atoms with Crippen molar-refractivity contribution in [3.05, 3.63) is 35.6 Å². The molecule has 84 valence electrons. The lowest BCUT2D eigenvalue weighted by atomic mass is 9.88. The average Bonchev–Trinajstić information content (AvgIpc) is 2.25. The van der Waals surface area contributed by atoms with Crippen molar-refractivity contribution < 1.29 is 9.13 Å². The molecule has 16 heavy (non-hydrogen) atoms. The van der Waals surface area contributed by atoms with Crippen LogP contribution in [0.4, 0.5) is 4.39 Å². The lowest BCUT2D eigenvalue weighted by Crippen LogP contribution is -2.48. The summed E-state index contributed by atoms with van der Waals surface area (Å²) in [6.07, 6.45) is 0. The van der Waals surface area contributed by atoms with Crippen LogP contribution in [-0.4, -0.2) is 19.8 Å². The standard InChI is InChI=1S/C12H13FN2O/c13-11-3-1-10(2-4-11)5-15-7-12(6-14)8-16-9-12/h1-4,15H,5,7-9H2. The topological polar surface area (TPSA) is 45.0 Å². The van der Waals surface area contributed by atoms with Crippen molar-refractivity contribution in [2.24, 2.45) is 5.41 Å². The van der Waals surface area contributed by atoms with E-state index in [9.17, 15) is 4.39 Å². The highest BCUT2D eigenvalue weighted by Crippen LogP contribution is 2.25. The van der Waals surface area contributed by atoms with Gasteiger partial charge in [0.05, 0.1) is 19.3 Å². The number of ether oxygens (including phenoxy) is 1. The summed E-state index contributed by atoms with van der Waals surface area (Å²) in [5.41, 5.74) is 0.648. The molecule has 4 heteroatoms. The van der Waals surface area contributed by atoms with E-state index >= 15 is 0 Å². The van der Waals surface area contributed by atoms with Gasteiger partial charge in [0, 0.05) is 13.1 Å². The lowest BCUT2D eigenvalue weighted by molar-refractivity contribution is -0.0755. The van der Waals surface area contributed by atoms with Crippen molar-refractivity contribution in [3.8, 4) is 6.07 Å². The minimum absolute atomic E-state index is 0.232. The second kappa shape index (κ2) is 4.60. The first-order valence-corrected chi connectivity index (χ1v) is 5.18. The van der Waals surface area contributed by atoms with Crippen LogP contribution in [0.3, 0.4) is 0 Å². The number of halogens is 1. The number of hydrogen-bond donors (Lipinski definition) is 1. The third-order valence-electron chi connectivity index (χ3n) is 2.70. The molecule has 1 saturated heterocycles. The van der Waals surface area contributed by atoms with Crippen LogP contribution in [-0.2, 0) is 11.3 Å². The van der Waals surface area contributed by atoms with Gasteiger partial charge < -0.3 is 10.1 Å². The maximum atomic E-state index is 12.6. The van der Waals surface area contributed by atoms with Crippen LogP contribution >= 0.6 is 0 Å². The predicted molar refractivity (Wildman–Crippen MR) is 57.0 cm³/mol. The van der Waals surface area contributed by atoms with Gasteiger partial charge in [-0.1, -0.05) is 12.1 Å². The van der Waals surface area contributed by atoms with E-state index in [1.54, 1.807) is 12.1 Å². The Morgan fingerprint density at radius 2 is 2.06 bits per heavy atom. The molecule has 1 aromatic rings. The Kier molecular flexibility index (Phi) is 3.18. The van der Waals surface area contributed by atoms with Crippen LogP contribution in [0.25, 0.3) is 0 Å². The van der Waals surface area contributed by atoms with Gasteiger partial charge in [-0.15, -0.1) is 0 Å². The van der Waals surface area contributed by atoms with Gasteiger partial charge >= 0.3 is 0 Å². The molecule has 1 aliphatic rings. The Morgan fingerprint density at radius 3 is 2.56 bits per heavy atom. The molecular weight excluding hydrogens is 207 g/mol. The largest absolute Gasteiger partial charge is 0.378 e. The molecule has 0 aliphatic carbocycles. The Balaban J connectivity index is 1.80. The van der Waals surface area contributed by atoms with Crippen LogP contribution in [0.2, 0.25) is 0 Å². The highest BCUT2D eigenvalue weighted by molar-refractivity contribution is 5.16. The van der Waals surface area contributed by atoms with Gasteiger partial charge in [-0.3, -0.25) is 0 Å². The van der Waals surface area contributed by atoms with E-state index in [1.807, 2.05) is 0 Å². The molecule has 1 fully saturated rings. The highest BCUT2D eigenvalue weighted by atomic mass is 19.1. The van der Waals surface area contributed by atoms with Gasteiger partial charge in [-0.2, -0.15) is 5.26 Å². The molecule has 1 aliphatic heterocycles. The van der Waals surface area contributed by atoms with Crippen molar-refractivity contribution in [1.82, 2.24) is 5.32 Å². The average molecular weight is 220 g/mol. The molecule has 0 unspecified atom stereocenters. The summed E-state index contributed by atoms with van der Waals surface area (Å²) in [6.45, 7) is 2.25. The van der Waals surface area contributed by atoms with Crippen LogP contribution < -0.4 is 5.32 Å². The maximum absolute atomic E-state index is 12.6. The molecule has 0 radical (unpaired) electrons. The van der Waals surface area contributed by atoms with Gasteiger partial charge in [0.1, 0.15) is 11.2 Å². The molecule has 1 aromatic carbocycles. The normalized spacial score (nSPS) is 17.5. The van der Waals surface area contributed by atoms with Gasteiger partial charge in [0.15, 0.2) is 0 Å². The second-order valence-corrected chi connectivity index (χ2v) is 4.11. The first-order chi connectivity index (χ1) is 7.74. The quantitative estimate of drug-likeness (QED) is 0.835. The fraction of sp³-hybridized carbons (Fsp3) is 0.417. The Labute approximate surface area is 93.8 Å². The number of benzene rings is 1. The van der Waals surface area contributed by atoms with Crippen molar-refractivity contribution in [2.75, 3.05) is 19.8 Å². The third-order valence-corrected chi connectivity index (χ3v) is 2.70. The van der Waals surface area contributed by atoms with E-state index in [2.05, 4.69) is 11.4 Å². The molecule has 0 aromatic heterocycles. The van der Waals surface area contributed by atoms with Crippen molar-refractivity contribution in [2.45, 2.75) is 6.54 Å². The summed E-state index contributed by atoms with van der Waals surface area (Å²) in [6, 6.07) is 8.60. The number of nitrogens with zero attached hydrogens (tertiary/aromatic N) is 1. The Bertz CT molecular complexity index is 392. The SMILES string of the molecule is N#CC1(CNCc2ccc(F)cc2)COC1. The van der Waals surface area contributed by atoms with E-state index in [4.69, 9.17) is 10.00 Å². The first kappa shape index (κ1) is 11.1. The number of nitrogens with one attached hydrogen (secondary N) is 1. The first-order valence-electron chi connectivity index (χ1n) is 5.18. The number of hydrogen-bond acceptors (Lipinski definition) is 3. The van der Waals surface area contributed by atoms with E-state index in [0.29, 0.717) is 26.3 Å². The van der Waals surface area contributed by atoms with Crippen molar-refractivity contribution >= 4 is 0 Å². The minimum atomic E-state index is -0.361. The van der Waals surface area contributed by atoms with Gasteiger partial charge in [0.25, 0.3) is 0 Å². The summed E-state index contributed by atoms with van der Waals surface area (Å²) in [4.78, 5) is 0. The van der Waals surface area contributed by atoms with E-state index in [0.717, 1.165) is 5.56 Å². The van der Waals surface area contributed by atoms with Crippen LogP contribution in [0.1, 0.15) is 5.56 Å². The molecule has 1 N–H and O–H groups in total. The highest BCUT2D eigenvalue weighted by Gasteiger charge is 2.38. The zero-order valence-corrected chi connectivity index (χ0v) is 8.87. The van der Waals surface area contributed by atoms with E-state index in [1.165, 1.54) is 12.1 Å². The summed E-state index contributed by atoms with van der Waals surface area (Å²) in [7, 11) is 0. The van der Waals surface area contributed by atoms with Crippen LogP contribution in [0.15, 0.2) is 24.3 Å². The smallest absolute Gasteiger partial charge is 0.123 e. The zero-order chi connectivity index (χ0) is 11.4. The molecule has 0 saturated carbocycles. The van der Waals surface area contributed by atoms with Crippen molar-refractivity contribution in [1.29, 1.82) is 5.26 Å². The third kappa shape index (κ3) is 2.38. The summed E-state index contributed by atoms with van der Waals surface area (Å²) in [5, 5.41) is 12.1. The molecule has 0 spiro atoms. The Morgan fingerprint density at radius 1 is 1.38 bits per heavy atom. The van der Waals surface area contributed by atoms with E-state index in [-0.39, 0.29) is 11.2 Å². The zero-order valence-electron chi connectivity index (χ0n) is 8.87. The molecular formula is C12H13FN2O.